The van der Waals surface area contributed by atoms with E-state index < -0.39 is 38.9 Å². The third-order valence-electron chi connectivity index (χ3n) is 4.11. The van der Waals surface area contributed by atoms with Crippen molar-refractivity contribution in [3.63, 3.8) is 0 Å². The number of benzene rings is 1. The average molecular weight is 400 g/mol. The minimum Gasteiger partial charge on any atom is -0.452 e. The van der Waals surface area contributed by atoms with Gasteiger partial charge in [-0.15, -0.1) is 0 Å². The number of hydrogen-bond acceptors (Lipinski definition) is 6. The van der Waals surface area contributed by atoms with E-state index in [-0.39, 0.29) is 10.6 Å². The van der Waals surface area contributed by atoms with E-state index in [0.717, 1.165) is 25.3 Å². The number of nitrogens with two attached hydrogens (primary N) is 1. The third-order valence-corrected chi connectivity index (χ3v) is 5.50. The monoisotopic (exact) mass is 399 g/mol. The quantitative estimate of drug-likeness (QED) is 0.719. The van der Waals surface area contributed by atoms with E-state index in [9.17, 15) is 23.3 Å². The Morgan fingerprint density at radius 2 is 1.96 bits per heavy atom. The van der Waals surface area contributed by atoms with Crippen LogP contribution in [0.5, 0.6) is 0 Å². The van der Waals surface area contributed by atoms with Crippen LogP contribution in [0.25, 0.3) is 0 Å². The molecule has 0 atom stereocenters. The van der Waals surface area contributed by atoms with Crippen molar-refractivity contribution >= 4 is 33.5 Å². The van der Waals surface area contributed by atoms with Crippen molar-refractivity contribution in [3.05, 3.63) is 28.8 Å². The number of ether oxygens (including phenoxy) is 1. The Bertz CT molecular complexity index is 857. The van der Waals surface area contributed by atoms with Crippen molar-refractivity contribution in [2.24, 2.45) is 5.14 Å². The van der Waals surface area contributed by atoms with Crippen molar-refractivity contribution in [3.8, 4) is 6.07 Å². The van der Waals surface area contributed by atoms with Crippen LogP contribution in [0, 0.1) is 11.3 Å². The first-order valence-electron chi connectivity index (χ1n) is 7.89. The molecule has 3 N–H and O–H groups in total. The molecule has 2 rings (SSSR count). The molecular formula is C16H18ClN3O5S. The van der Waals surface area contributed by atoms with Crippen molar-refractivity contribution in [1.29, 1.82) is 5.26 Å². The van der Waals surface area contributed by atoms with E-state index in [2.05, 4.69) is 11.4 Å². The van der Waals surface area contributed by atoms with Gasteiger partial charge in [-0.2, -0.15) is 5.26 Å². The maximum absolute atomic E-state index is 12.0. The minimum atomic E-state index is -4.11. The summed E-state index contributed by atoms with van der Waals surface area (Å²) in [5.41, 5.74) is -1.04. The van der Waals surface area contributed by atoms with E-state index >= 15 is 0 Å². The van der Waals surface area contributed by atoms with Crippen molar-refractivity contribution in [1.82, 2.24) is 5.32 Å². The Balaban J connectivity index is 2.00. The summed E-state index contributed by atoms with van der Waals surface area (Å²) in [6, 6.07) is 5.57. The van der Waals surface area contributed by atoms with Crippen molar-refractivity contribution in [2.45, 2.75) is 42.5 Å². The zero-order valence-corrected chi connectivity index (χ0v) is 15.4. The first-order valence-corrected chi connectivity index (χ1v) is 9.81. The number of amides is 1. The van der Waals surface area contributed by atoms with Crippen LogP contribution in [0.2, 0.25) is 5.02 Å². The van der Waals surface area contributed by atoms with Crippen LogP contribution in [-0.4, -0.2) is 32.4 Å². The topological polar surface area (TPSA) is 139 Å². The Kier molecular flexibility index (Phi) is 6.23. The average Bonchev–Trinajstić information content (AvgIpc) is 2.60. The van der Waals surface area contributed by atoms with Gasteiger partial charge in [0.1, 0.15) is 10.4 Å². The fourth-order valence-electron chi connectivity index (χ4n) is 2.79. The molecule has 1 aromatic carbocycles. The highest BCUT2D eigenvalue weighted by molar-refractivity contribution is 7.89. The molecule has 0 aliphatic heterocycles. The predicted molar refractivity (Wildman–Crippen MR) is 92.7 cm³/mol. The van der Waals surface area contributed by atoms with Crippen LogP contribution < -0.4 is 10.5 Å². The van der Waals surface area contributed by atoms with Gasteiger partial charge in [0, 0.05) is 0 Å². The second-order valence-corrected chi connectivity index (χ2v) is 8.01. The number of carbonyl (C=O) groups excluding carboxylic acids is 2. The highest BCUT2D eigenvalue weighted by atomic mass is 35.5. The molecule has 0 radical (unpaired) electrons. The summed E-state index contributed by atoms with van der Waals surface area (Å²) in [6.45, 7) is -0.588. The van der Waals surface area contributed by atoms with Crippen molar-refractivity contribution < 1.29 is 22.7 Å². The van der Waals surface area contributed by atoms with Gasteiger partial charge in [0.25, 0.3) is 5.91 Å². The lowest BCUT2D eigenvalue weighted by atomic mass is 9.83. The largest absolute Gasteiger partial charge is 0.452 e. The van der Waals surface area contributed by atoms with E-state index in [0.29, 0.717) is 12.8 Å². The summed E-state index contributed by atoms with van der Waals surface area (Å²) >= 11 is 5.75. The summed E-state index contributed by atoms with van der Waals surface area (Å²) < 4.78 is 27.8. The normalized spacial score (nSPS) is 16.3. The van der Waals surface area contributed by atoms with Gasteiger partial charge in [0.15, 0.2) is 6.61 Å². The van der Waals surface area contributed by atoms with Gasteiger partial charge in [0.2, 0.25) is 10.0 Å². The van der Waals surface area contributed by atoms with E-state index in [1.165, 1.54) is 12.1 Å². The number of nitrogens with one attached hydrogen (secondary N) is 1. The molecular weight excluding hydrogens is 382 g/mol. The first-order chi connectivity index (χ1) is 12.2. The smallest absolute Gasteiger partial charge is 0.338 e. The SMILES string of the molecule is N#CC1(NC(=O)COC(=O)c2ccc(Cl)c(S(N)(=O)=O)c2)CCCCC1. The summed E-state index contributed by atoms with van der Waals surface area (Å²) in [4.78, 5) is 23.6. The molecule has 140 valence electrons. The molecule has 1 aromatic rings. The molecule has 1 saturated carbocycles. The number of carbonyl (C=O) groups is 2. The molecule has 0 saturated heterocycles. The van der Waals surface area contributed by atoms with Gasteiger partial charge in [-0.1, -0.05) is 30.9 Å². The molecule has 26 heavy (non-hydrogen) atoms. The second-order valence-electron chi connectivity index (χ2n) is 6.07. The zero-order chi connectivity index (χ0) is 19.4. The number of nitriles is 1. The second kappa shape index (κ2) is 8.03. The number of hydrogen-bond donors (Lipinski definition) is 2. The maximum Gasteiger partial charge on any atom is 0.338 e. The fourth-order valence-corrected chi connectivity index (χ4v) is 3.86. The number of nitrogens with zero attached hydrogens (tertiary/aromatic N) is 1. The molecule has 0 bridgehead atoms. The summed E-state index contributed by atoms with van der Waals surface area (Å²) in [7, 11) is -4.11. The lowest BCUT2D eigenvalue weighted by molar-refractivity contribution is -0.125. The molecule has 10 heteroatoms. The molecule has 0 unspecified atom stereocenters. The van der Waals surface area contributed by atoms with Gasteiger partial charge in [-0.3, -0.25) is 4.79 Å². The molecule has 0 heterocycles. The number of sulfonamides is 1. The molecule has 8 nitrogen and oxygen atoms in total. The van der Waals surface area contributed by atoms with Crippen LogP contribution >= 0.6 is 11.6 Å². The molecule has 1 amide bonds. The summed E-state index contributed by atoms with van der Waals surface area (Å²) in [6.07, 6.45) is 3.80. The Hall–Kier alpha value is -2.15. The minimum absolute atomic E-state index is 0.112. The van der Waals surface area contributed by atoms with Crippen LogP contribution in [0.4, 0.5) is 0 Å². The maximum atomic E-state index is 12.0. The highest BCUT2D eigenvalue weighted by Gasteiger charge is 2.33. The van der Waals surface area contributed by atoms with Crippen LogP contribution in [0.3, 0.4) is 0 Å². The standard InChI is InChI=1S/C16H18ClN3O5S/c17-12-5-4-11(8-13(12)26(19,23)24)15(22)25-9-14(21)20-16(10-18)6-2-1-3-7-16/h4-5,8H,1-3,6-7,9H2,(H,20,21)(H2,19,23,24). The Morgan fingerprint density at radius 3 is 2.54 bits per heavy atom. The lowest BCUT2D eigenvalue weighted by Gasteiger charge is -2.31. The fraction of sp³-hybridized carbons (Fsp3) is 0.438. The van der Waals surface area contributed by atoms with Gasteiger partial charge >= 0.3 is 5.97 Å². The number of esters is 1. The molecule has 0 aromatic heterocycles. The summed E-state index contributed by atoms with van der Waals surface area (Å²) in [5, 5.41) is 16.8. The Labute approximate surface area is 156 Å². The van der Waals surface area contributed by atoms with Gasteiger partial charge < -0.3 is 10.1 Å². The van der Waals surface area contributed by atoms with Crippen molar-refractivity contribution in [2.75, 3.05) is 6.61 Å². The molecule has 1 fully saturated rings. The predicted octanol–water partition coefficient (Wildman–Crippen LogP) is 1.49. The van der Waals surface area contributed by atoms with Crippen LogP contribution in [0.15, 0.2) is 23.1 Å². The number of rotatable bonds is 5. The van der Waals surface area contributed by atoms with Gasteiger partial charge in [-0.25, -0.2) is 18.4 Å². The molecule has 1 aliphatic rings. The highest BCUT2D eigenvalue weighted by Crippen LogP contribution is 2.27. The van der Waals surface area contributed by atoms with Crippen LogP contribution in [-0.2, 0) is 19.6 Å². The van der Waals surface area contributed by atoms with Crippen LogP contribution in [0.1, 0.15) is 42.5 Å². The van der Waals surface area contributed by atoms with E-state index in [4.69, 9.17) is 21.5 Å². The lowest BCUT2D eigenvalue weighted by Crippen LogP contribution is -2.50. The molecule has 0 spiro atoms. The van der Waals surface area contributed by atoms with Gasteiger partial charge in [0.05, 0.1) is 16.7 Å². The van der Waals surface area contributed by atoms with Gasteiger partial charge in [-0.05, 0) is 31.0 Å². The number of halogens is 1. The van der Waals surface area contributed by atoms with E-state index in [1.807, 2.05) is 0 Å². The summed E-state index contributed by atoms with van der Waals surface area (Å²) in [5.74, 6) is -1.50. The zero-order valence-electron chi connectivity index (χ0n) is 13.8. The Morgan fingerprint density at radius 1 is 1.31 bits per heavy atom. The first kappa shape index (κ1) is 20.2. The van der Waals surface area contributed by atoms with E-state index in [1.54, 1.807) is 0 Å². The molecule has 1 aliphatic carbocycles. The third kappa shape index (κ3) is 4.94. The number of primary sulfonamides is 1.